The number of aliphatic carboxylic acids is 1. The summed E-state index contributed by atoms with van der Waals surface area (Å²) < 4.78 is 5.98. The molecule has 1 aliphatic carbocycles. The van der Waals surface area contributed by atoms with Gasteiger partial charge in [0.05, 0.1) is 12.5 Å². The smallest absolute Gasteiger partial charge is 0.329 e. The molecule has 182 valence electrons. The number of carbonyl (C=O) groups is 3. The molecule has 7 nitrogen and oxygen atoms in total. The zero-order valence-corrected chi connectivity index (χ0v) is 19.4. The first-order valence-corrected chi connectivity index (χ1v) is 12.0. The third kappa shape index (κ3) is 7.70. The Morgan fingerprint density at radius 1 is 0.941 bits per heavy atom. The maximum Gasteiger partial charge on any atom is 0.329 e. The van der Waals surface area contributed by atoms with Gasteiger partial charge in [-0.15, -0.1) is 0 Å². The first-order chi connectivity index (χ1) is 16.4. The number of amides is 1. The highest BCUT2D eigenvalue weighted by Crippen LogP contribution is 2.29. The molecule has 2 aromatic rings. The largest absolute Gasteiger partial charge is 0.481 e. The van der Waals surface area contributed by atoms with E-state index in [2.05, 4.69) is 5.32 Å². The summed E-state index contributed by atoms with van der Waals surface area (Å²) >= 11 is 0. The summed E-state index contributed by atoms with van der Waals surface area (Å²) in [6.45, 7) is 0. The molecule has 0 radical (unpaired) electrons. The highest BCUT2D eigenvalue weighted by molar-refractivity contribution is 5.89. The van der Waals surface area contributed by atoms with Crippen LogP contribution >= 0.6 is 0 Å². The van der Waals surface area contributed by atoms with Gasteiger partial charge in [-0.25, -0.2) is 4.79 Å². The molecule has 1 saturated carbocycles. The van der Waals surface area contributed by atoms with Gasteiger partial charge in [0.1, 0.15) is 6.04 Å². The van der Waals surface area contributed by atoms with Crippen molar-refractivity contribution in [3.63, 3.8) is 0 Å². The van der Waals surface area contributed by atoms with E-state index >= 15 is 0 Å². The number of ether oxygens (including phenoxy) is 1. The van der Waals surface area contributed by atoms with Gasteiger partial charge in [0.25, 0.3) is 0 Å². The van der Waals surface area contributed by atoms with Crippen LogP contribution in [0.4, 0.5) is 0 Å². The quantitative estimate of drug-likeness (QED) is 0.431. The SMILES string of the molecule is N[C@@H](CC(=O)O)C(=O)NC(CCC1CCCCC1)C(=O)OC(c1ccccc1)c1ccccc1. The Bertz CT molecular complexity index is 889. The van der Waals surface area contributed by atoms with Crippen LogP contribution < -0.4 is 11.1 Å². The first-order valence-electron chi connectivity index (χ1n) is 12.0. The number of carboxylic acids is 1. The fourth-order valence-electron chi connectivity index (χ4n) is 4.47. The lowest BCUT2D eigenvalue weighted by molar-refractivity contribution is -0.152. The van der Waals surface area contributed by atoms with Gasteiger partial charge >= 0.3 is 11.9 Å². The topological polar surface area (TPSA) is 119 Å². The number of carbonyl (C=O) groups excluding carboxylic acids is 2. The summed E-state index contributed by atoms with van der Waals surface area (Å²) in [4.78, 5) is 36.9. The molecule has 1 unspecified atom stereocenters. The van der Waals surface area contributed by atoms with Crippen molar-refractivity contribution in [2.24, 2.45) is 11.7 Å². The van der Waals surface area contributed by atoms with E-state index < -0.39 is 42.5 Å². The van der Waals surface area contributed by atoms with Crippen LogP contribution in [0.2, 0.25) is 0 Å². The molecule has 2 aromatic carbocycles. The third-order valence-corrected chi connectivity index (χ3v) is 6.36. The van der Waals surface area contributed by atoms with Crippen molar-refractivity contribution in [3.8, 4) is 0 Å². The Kier molecular flexibility index (Phi) is 9.64. The molecule has 3 rings (SSSR count). The van der Waals surface area contributed by atoms with Crippen molar-refractivity contribution < 1.29 is 24.2 Å². The van der Waals surface area contributed by atoms with Gasteiger partial charge in [-0.3, -0.25) is 9.59 Å². The molecule has 0 aliphatic heterocycles. The maximum absolute atomic E-state index is 13.4. The number of rotatable bonds is 11. The van der Waals surface area contributed by atoms with Gasteiger partial charge < -0.3 is 20.9 Å². The highest BCUT2D eigenvalue weighted by Gasteiger charge is 2.30. The normalized spacial score (nSPS) is 15.9. The van der Waals surface area contributed by atoms with Gasteiger partial charge in [0.2, 0.25) is 5.91 Å². The fourth-order valence-corrected chi connectivity index (χ4v) is 4.47. The first kappa shape index (κ1) is 25.4. The van der Waals surface area contributed by atoms with Crippen molar-refractivity contribution in [1.82, 2.24) is 5.32 Å². The summed E-state index contributed by atoms with van der Waals surface area (Å²) in [5, 5.41) is 11.6. The predicted octanol–water partition coefficient (Wildman–Crippen LogP) is 3.97. The van der Waals surface area contributed by atoms with Crippen LogP contribution in [0.1, 0.15) is 68.6 Å². The van der Waals surface area contributed by atoms with E-state index in [9.17, 15) is 14.4 Å². The Labute approximate surface area is 200 Å². The minimum absolute atomic E-state index is 0.422. The molecule has 0 heterocycles. The van der Waals surface area contributed by atoms with E-state index in [0.717, 1.165) is 30.4 Å². The molecule has 0 saturated heterocycles. The van der Waals surface area contributed by atoms with E-state index in [1.165, 1.54) is 19.3 Å². The third-order valence-electron chi connectivity index (χ3n) is 6.36. The van der Waals surface area contributed by atoms with Crippen molar-refractivity contribution in [3.05, 3.63) is 71.8 Å². The maximum atomic E-state index is 13.4. The second-order valence-corrected chi connectivity index (χ2v) is 8.99. The summed E-state index contributed by atoms with van der Waals surface area (Å²) in [6, 6.07) is 16.7. The number of hydrogen-bond donors (Lipinski definition) is 3. The lowest BCUT2D eigenvalue weighted by Crippen LogP contribution is -2.49. The standard InChI is InChI=1S/C27H34N2O5/c28-22(18-24(30)31)26(32)29-23(17-16-19-10-4-1-5-11-19)27(33)34-25(20-12-6-2-7-13-20)21-14-8-3-9-15-21/h2-3,6-9,12-15,19,22-23,25H,1,4-5,10-11,16-18,28H2,(H,29,32)(H,30,31)/t22-,23?/m0/s1. The second kappa shape index (κ2) is 12.9. The van der Waals surface area contributed by atoms with Crippen LogP contribution in [0, 0.1) is 5.92 Å². The van der Waals surface area contributed by atoms with Crippen molar-refractivity contribution in [2.75, 3.05) is 0 Å². The summed E-state index contributed by atoms with van der Waals surface area (Å²) in [5.41, 5.74) is 7.39. The van der Waals surface area contributed by atoms with Crippen molar-refractivity contribution in [2.45, 2.75) is 69.6 Å². The number of carboxylic acid groups (broad SMARTS) is 1. The summed E-state index contributed by atoms with van der Waals surface area (Å²) in [7, 11) is 0. The molecular weight excluding hydrogens is 432 g/mol. The van der Waals surface area contributed by atoms with Gasteiger partial charge in [-0.2, -0.15) is 0 Å². The number of hydrogen-bond acceptors (Lipinski definition) is 5. The molecule has 4 N–H and O–H groups in total. The lowest BCUT2D eigenvalue weighted by atomic mass is 9.85. The zero-order chi connectivity index (χ0) is 24.3. The van der Waals surface area contributed by atoms with Crippen LogP contribution in [-0.2, 0) is 19.1 Å². The van der Waals surface area contributed by atoms with Crippen molar-refractivity contribution >= 4 is 17.8 Å². The van der Waals surface area contributed by atoms with Gasteiger partial charge in [-0.1, -0.05) is 92.8 Å². The monoisotopic (exact) mass is 466 g/mol. The average molecular weight is 467 g/mol. The number of benzene rings is 2. The Hall–Kier alpha value is -3.19. The van der Waals surface area contributed by atoms with Gasteiger partial charge in [-0.05, 0) is 29.9 Å². The molecule has 34 heavy (non-hydrogen) atoms. The van der Waals surface area contributed by atoms with E-state index in [1.807, 2.05) is 60.7 Å². The number of esters is 1. The van der Waals surface area contributed by atoms with Crippen LogP contribution in [0.25, 0.3) is 0 Å². The Morgan fingerprint density at radius 3 is 2.03 bits per heavy atom. The minimum Gasteiger partial charge on any atom is -0.481 e. The second-order valence-electron chi connectivity index (χ2n) is 8.99. The molecule has 7 heteroatoms. The molecule has 1 amide bonds. The molecule has 0 spiro atoms. The van der Waals surface area contributed by atoms with Gasteiger partial charge in [0.15, 0.2) is 6.10 Å². The minimum atomic E-state index is -1.23. The average Bonchev–Trinajstić information content (AvgIpc) is 2.86. The van der Waals surface area contributed by atoms with E-state index in [1.54, 1.807) is 0 Å². The summed E-state index contributed by atoms with van der Waals surface area (Å²) in [6.07, 6.45) is 5.90. The predicted molar refractivity (Wildman–Crippen MR) is 129 cm³/mol. The Morgan fingerprint density at radius 2 is 1.50 bits per heavy atom. The highest BCUT2D eigenvalue weighted by atomic mass is 16.5. The number of nitrogens with two attached hydrogens (primary N) is 1. The van der Waals surface area contributed by atoms with E-state index in [-0.39, 0.29) is 0 Å². The lowest BCUT2D eigenvalue weighted by Gasteiger charge is -2.26. The molecule has 1 aliphatic rings. The van der Waals surface area contributed by atoms with Crippen LogP contribution in [-0.4, -0.2) is 35.0 Å². The van der Waals surface area contributed by atoms with E-state index in [4.69, 9.17) is 15.6 Å². The van der Waals surface area contributed by atoms with E-state index in [0.29, 0.717) is 12.3 Å². The summed E-state index contributed by atoms with van der Waals surface area (Å²) in [5.74, 6) is -1.88. The van der Waals surface area contributed by atoms with Crippen LogP contribution in [0.3, 0.4) is 0 Å². The number of nitrogens with one attached hydrogen (secondary N) is 1. The molecule has 0 bridgehead atoms. The van der Waals surface area contributed by atoms with Gasteiger partial charge in [0, 0.05) is 0 Å². The molecule has 2 atom stereocenters. The Balaban J connectivity index is 1.76. The molecule has 0 aromatic heterocycles. The molecular formula is C27H34N2O5. The zero-order valence-electron chi connectivity index (χ0n) is 19.4. The fraction of sp³-hybridized carbons (Fsp3) is 0.444. The van der Waals surface area contributed by atoms with Crippen molar-refractivity contribution in [1.29, 1.82) is 0 Å². The van der Waals surface area contributed by atoms with Crippen LogP contribution in [0.5, 0.6) is 0 Å². The molecule has 1 fully saturated rings. The van der Waals surface area contributed by atoms with Crippen LogP contribution in [0.15, 0.2) is 60.7 Å².